The van der Waals surface area contributed by atoms with Gasteiger partial charge in [0.25, 0.3) is 0 Å². The Morgan fingerprint density at radius 1 is 0.896 bits per heavy atom. The van der Waals surface area contributed by atoms with E-state index in [0.29, 0.717) is 47.9 Å². The number of phenolic OH excluding ortho intramolecular Hbond substituents is 1. The van der Waals surface area contributed by atoms with Crippen LogP contribution in [0.3, 0.4) is 0 Å². The van der Waals surface area contributed by atoms with Crippen LogP contribution in [-0.4, -0.2) is 68.0 Å². The maximum atomic E-state index is 14.2. The number of benzene rings is 3. The van der Waals surface area contributed by atoms with E-state index in [1.807, 2.05) is 67.3 Å². The summed E-state index contributed by atoms with van der Waals surface area (Å²) in [5.74, 6) is 0.0238. The van der Waals surface area contributed by atoms with E-state index >= 15 is 0 Å². The molecule has 1 fully saturated rings. The molecule has 10 heteroatoms. The molecule has 260 valence electrons. The van der Waals surface area contributed by atoms with Gasteiger partial charge in [-0.05, 0) is 78.7 Å². The highest BCUT2D eigenvalue weighted by atomic mass is 32.2. The maximum Gasteiger partial charge on any atom is 0.323 e. The van der Waals surface area contributed by atoms with Crippen LogP contribution in [-0.2, 0) is 20.9 Å². The molecular formula is C38H53N5O4S. The quantitative estimate of drug-likeness (QED) is 0.224. The van der Waals surface area contributed by atoms with E-state index in [0.717, 1.165) is 32.5 Å². The molecule has 5 rings (SSSR count). The Hall–Kier alpha value is -3.60. The summed E-state index contributed by atoms with van der Waals surface area (Å²) in [6.45, 7) is 20.6. The van der Waals surface area contributed by atoms with Gasteiger partial charge in [0.15, 0.2) is 0 Å². The number of aromatic hydroxyl groups is 1. The summed E-state index contributed by atoms with van der Waals surface area (Å²) in [7, 11) is -3.84. The number of urea groups is 1. The van der Waals surface area contributed by atoms with E-state index in [1.165, 1.54) is 15.9 Å². The van der Waals surface area contributed by atoms with Gasteiger partial charge in [-0.15, -0.1) is 0 Å². The zero-order valence-electron chi connectivity index (χ0n) is 29.9. The third-order valence-corrected chi connectivity index (χ3v) is 11.8. The van der Waals surface area contributed by atoms with E-state index in [9.17, 15) is 18.3 Å². The number of nitrogens with zero attached hydrogens (tertiary/aromatic N) is 3. The lowest BCUT2D eigenvalue weighted by Gasteiger charge is -2.42. The Morgan fingerprint density at radius 2 is 1.52 bits per heavy atom. The number of nitrogens with one attached hydrogen (secondary N) is 2. The van der Waals surface area contributed by atoms with Gasteiger partial charge in [0.05, 0.1) is 22.0 Å². The predicted octanol–water partition coefficient (Wildman–Crippen LogP) is 7.90. The van der Waals surface area contributed by atoms with E-state index < -0.39 is 21.5 Å². The van der Waals surface area contributed by atoms with Crippen molar-refractivity contribution in [1.29, 1.82) is 0 Å². The fourth-order valence-electron chi connectivity index (χ4n) is 7.30. The molecule has 0 atom stereocenters. The van der Waals surface area contributed by atoms with Gasteiger partial charge in [-0.1, -0.05) is 79.7 Å². The van der Waals surface area contributed by atoms with E-state index in [-0.39, 0.29) is 21.5 Å². The molecular weight excluding hydrogens is 623 g/mol. The first kappa shape index (κ1) is 35.7. The van der Waals surface area contributed by atoms with E-state index in [1.54, 1.807) is 6.07 Å². The van der Waals surface area contributed by atoms with Gasteiger partial charge in [-0.3, -0.25) is 0 Å². The second kappa shape index (κ2) is 13.4. The van der Waals surface area contributed by atoms with Crippen LogP contribution < -0.4 is 15.5 Å². The summed E-state index contributed by atoms with van der Waals surface area (Å²) >= 11 is 0. The summed E-state index contributed by atoms with van der Waals surface area (Å²) in [5.41, 5.74) is 3.91. The lowest BCUT2D eigenvalue weighted by Crippen LogP contribution is -2.47. The largest absolute Gasteiger partial charge is 0.506 e. The van der Waals surface area contributed by atoms with Crippen molar-refractivity contribution >= 4 is 38.8 Å². The molecule has 0 aromatic heterocycles. The zero-order chi connectivity index (χ0) is 35.1. The molecule has 1 saturated heterocycles. The lowest BCUT2D eigenvalue weighted by molar-refractivity contribution is 0.124. The van der Waals surface area contributed by atoms with Crippen molar-refractivity contribution in [2.75, 3.05) is 54.8 Å². The summed E-state index contributed by atoms with van der Waals surface area (Å²) in [6, 6.07) is 18.0. The normalized spacial score (nSPS) is 16.7. The summed E-state index contributed by atoms with van der Waals surface area (Å²) in [5, 5.41) is 17.5. The highest BCUT2D eigenvalue weighted by Gasteiger charge is 2.50. The molecule has 2 aliphatic heterocycles. The number of fused-ring (bicyclic) bond motifs is 2. The molecule has 1 spiro atoms. The Morgan fingerprint density at radius 3 is 2.10 bits per heavy atom. The second-order valence-electron chi connectivity index (χ2n) is 15.5. The lowest BCUT2D eigenvalue weighted by atomic mass is 9.74. The molecule has 2 aliphatic rings. The fraction of sp³-hybridized carbons (Fsp3) is 0.500. The van der Waals surface area contributed by atoms with Gasteiger partial charge in [0.1, 0.15) is 5.75 Å². The topological polar surface area (TPSA) is 105 Å². The third kappa shape index (κ3) is 7.21. The summed E-state index contributed by atoms with van der Waals surface area (Å²) < 4.78 is 29.9. The number of para-hydroxylation sites is 2. The molecule has 0 radical (unpaired) electrons. The molecule has 9 nitrogen and oxygen atoms in total. The fourth-order valence-corrected chi connectivity index (χ4v) is 9.07. The zero-order valence-corrected chi connectivity index (χ0v) is 30.7. The SMILES string of the molecule is CCN(CC)S(=O)(=O)c1ccc(O)c2c1C1(CCN(CC(C)(C)C)CC1)CN2c1ccccc1NC(=O)Nc1ccc(C(C)(C)C)cc1. The van der Waals surface area contributed by atoms with Gasteiger partial charge >= 0.3 is 6.03 Å². The smallest absolute Gasteiger partial charge is 0.323 e. The van der Waals surface area contributed by atoms with Gasteiger partial charge in [-0.2, -0.15) is 4.31 Å². The van der Waals surface area contributed by atoms with Crippen molar-refractivity contribution < 1.29 is 18.3 Å². The number of carbonyl (C=O) groups is 1. The number of sulfonamides is 1. The van der Waals surface area contributed by atoms with Crippen molar-refractivity contribution in [1.82, 2.24) is 9.21 Å². The second-order valence-corrected chi connectivity index (χ2v) is 17.4. The number of amides is 2. The van der Waals surface area contributed by atoms with Crippen molar-refractivity contribution in [3.8, 4) is 5.75 Å². The van der Waals surface area contributed by atoms with Crippen LogP contribution in [0, 0.1) is 5.41 Å². The molecule has 2 heterocycles. The van der Waals surface area contributed by atoms with Crippen LogP contribution in [0.25, 0.3) is 0 Å². The average molecular weight is 676 g/mol. The molecule has 0 unspecified atom stereocenters. The highest BCUT2D eigenvalue weighted by molar-refractivity contribution is 7.89. The number of anilines is 4. The van der Waals surface area contributed by atoms with Crippen molar-refractivity contribution in [2.24, 2.45) is 5.41 Å². The minimum Gasteiger partial charge on any atom is -0.506 e. The van der Waals surface area contributed by atoms with Gasteiger partial charge in [0, 0.05) is 42.8 Å². The molecule has 0 aliphatic carbocycles. The van der Waals surface area contributed by atoms with Crippen LogP contribution in [0.1, 0.15) is 79.4 Å². The number of hydrogen-bond acceptors (Lipinski definition) is 6. The Kier molecular flexibility index (Phi) is 9.94. The third-order valence-electron chi connectivity index (χ3n) is 9.67. The Labute approximate surface area is 287 Å². The summed E-state index contributed by atoms with van der Waals surface area (Å²) in [4.78, 5) is 18.1. The number of carbonyl (C=O) groups excluding carboxylic acids is 1. The molecule has 3 aromatic rings. The Bertz CT molecular complexity index is 1730. The maximum absolute atomic E-state index is 14.2. The Balaban J connectivity index is 1.54. The highest BCUT2D eigenvalue weighted by Crippen LogP contribution is 2.56. The van der Waals surface area contributed by atoms with Crippen LogP contribution in [0.5, 0.6) is 5.75 Å². The average Bonchev–Trinajstić information content (AvgIpc) is 3.33. The number of hydrogen-bond donors (Lipinski definition) is 3. The molecule has 0 saturated carbocycles. The first-order valence-electron chi connectivity index (χ1n) is 17.1. The van der Waals surface area contributed by atoms with Gasteiger partial charge < -0.3 is 25.5 Å². The molecule has 3 aromatic carbocycles. The van der Waals surface area contributed by atoms with Gasteiger partial charge in [-0.25, -0.2) is 13.2 Å². The molecule has 3 N–H and O–H groups in total. The standard InChI is InChI=1S/C38H53N5O4S/c1-9-42(10-2)48(46,47)32-20-19-31(44)34-33(32)38(21-23-41(24-22-38)25-36(3,4)5)26-43(34)30-14-12-11-13-29(30)40-35(45)39-28-17-15-27(16-18-28)37(6,7)8/h11-20,44H,9-10,21-26H2,1-8H3,(H2,39,40,45). The van der Waals surface area contributed by atoms with Crippen molar-refractivity contribution in [3.05, 3.63) is 71.8 Å². The molecule has 0 bridgehead atoms. The number of rotatable bonds is 8. The van der Waals surface area contributed by atoms with Crippen LogP contribution in [0.4, 0.5) is 27.5 Å². The van der Waals surface area contributed by atoms with Crippen LogP contribution in [0.15, 0.2) is 65.6 Å². The number of phenols is 1. The minimum atomic E-state index is -3.84. The number of likely N-dealkylation sites (tertiary alicyclic amines) is 1. The van der Waals surface area contributed by atoms with E-state index in [2.05, 4.69) is 57.1 Å². The van der Waals surface area contributed by atoms with Crippen molar-refractivity contribution in [2.45, 2.75) is 84.0 Å². The molecule has 2 amide bonds. The number of piperidine rings is 1. The van der Waals surface area contributed by atoms with Crippen LogP contribution >= 0.6 is 0 Å². The predicted molar refractivity (Wildman–Crippen MR) is 196 cm³/mol. The van der Waals surface area contributed by atoms with Crippen molar-refractivity contribution in [3.63, 3.8) is 0 Å². The monoisotopic (exact) mass is 675 g/mol. The first-order valence-corrected chi connectivity index (χ1v) is 18.6. The van der Waals surface area contributed by atoms with Crippen LogP contribution in [0.2, 0.25) is 0 Å². The van der Waals surface area contributed by atoms with E-state index in [4.69, 9.17) is 0 Å². The first-order chi connectivity index (χ1) is 22.5. The summed E-state index contributed by atoms with van der Waals surface area (Å²) in [6.07, 6.45) is 1.49. The minimum absolute atomic E-state index is 0.00242. The van der Waals surface area contributed by atoms with Gasteiger partial charge in [0.2, 0.25) is 10.0 Å². The molecule has 48 heavy (non-hydrogen) atoms.